The standard InChI is InChI=1S/C10H10NO3/c12-7-11-6-9(10(13)14)8-4-2-1-3-5-8/h1-5,9H,6H2,(H,11,12)(H,13,14). The molecule has 0 spiro atoms. The number of nitrogens with one attached hydrogen (secondary N) is 1. The SMILES string of the molecule is O=[C]NCC(C(=O)O)c1ccccc1. The maximum atomic E-state index is 10.8. The van der Waals surface area contributed by atoms with E-state index in [4.69, 9.17) is 5.11 Å². The third-order valence-electron chi connectivity index (χ3n) is 1.88. The van der Waals surface area contributed by atoms with Crippen LogP contribution in [0.2, 0.25) is 0 Å². The molecular formula is C10H10NO3. The second-order valence-corrected chi connectivity index (χ2v) is 2.78. The van der Waals surface area contributed by atoms with Crippen molar-refractivity contribution in [2.24, 2.45) is 0 Å². The number of rotatable bonds is 5. The van der Waals surface area contributed by atoms with Gasteiger partial charge in [-0.2, -0.15) is 0 Å². The van der Waals surface area contributed by atoms with E-state index in [1.807, 2.05) is 6.07 Å². The summed E-state index contributed by atoms with van der Waals surface area (Å²) in [5.41, 5.74) is 0.669. The molecule has 1 aromatic rings. The van der Waals surface area contributed by atoms with Crippen molar-refractivity contribution < 1.29 is 14.7 Å². The Hall–Kier alpha value is -1.84. The summed E-state index contributed by atoms with van der Waals surface area (Å²) in [6.07, 6.45) is 1.46. The average molecular weight is 192 g/mol. The first-order valence-corrected chi connectivity index (χ1v) is 4.13. The Morgan fingerprint density at radius 3 is 2.57 bits per heavy atom. The van der Waals surface area contributed by atoms with E-state index in [-0.39, 0.29) is 6.54 Å². The van der Waals surface area contributed by atoms with Crippen LogP contribution in [-0.4, -0.2) is 24.0 Å². The molecule has 4 heteroatoms. The van der Waals surface area contributed by atoms with Crippen molar-refractivity contribution in [1.29, 1.82) is 0 Å². The van der Waals surface area contributed by atoms with Gasteiger partial charge in [0.1, 0.15) is 0 Å². The van der Waals surface area contributed by atoms with Gasteiger partial charge in [0.05, 0.1) is 5.92 Å². The molecule has 1 atom stereocenters. The van der Waals surface area contributed by atoms with Gasteiger partial charge < -0.3 is 10.4 Å². The minimum Gasteiger partial charge on any atom is -0.481 e. The number of aliphatic carboxylic acids is 1. The molecular weight excluding hydrogens is 182 g/mol. The molecule has 0 aliphatic heterocycles. The first-order valence-electron chi connectivity index (χ1n) is 4.13. The molecule has 2 N–H and O–H groups in total. The van der Waals surface area contributed by atoms with Gasteiger partial charge >= 0.3 is 12.4 Å². The van der Waals surface area contributed by atoms with Gasteiger partial charge in [0, 0.05) is 6.54 Å². The molecule has 0 fully saturated rings. The molecule has 1 rings (SSSR count). The zero-order valence-electron chi connectivity index (χ0n) is 7.43. The van der Waals surface area contributed by atoms with Crippen molar-refractivity contribution >= 4 is 12.4 Å². The van der Waals surface area contributed by atoms with Gasteiger partial charge in [0.2, 0.25) is 0 Å². The third kappa shape index (κ3) is 2.58. The van der Waals surface area contributed by atoms with E-state index in [1.54, 1.807) is 24.3 Å². The Labute approximate surface area is 81.6 Å². The quantitative estimate of drug-likeness (QED) is 0.668. The Kier molecular flexibility index (Phi) is 3.67. The lowest BCUT2D eigenvalue weighted by atomic mass is 9.99. The van der Waals surface area contributed by atoms with Gasteiger partial charge in [0.25, 0.3) is 0 Å². The monoisotopic (exact) mass is 192 g/mol. The first kappa shape index (κ1) is 10.2. The minimum atomic E-state index is -0.959. The number of hydrogen-bond donors (Lipinski definition) is 2. The van der Waals surface area contributed by atoms with Crippen LogP contribution in [0.25, 0.3) is 0 Å². The van der Waals surface area contributed by atoms with Crippen molar-refractivity contribution in [1.82, 2.24) is 5.32 Å². The Balaban J connectivity index is 2.78. The Morgan fingerprint density at radius 1 is 1.43 bits per heavy atom. The highest BCUT2D eigenvalue weighted by Gasteiger charge is 2.18. The molecule has 1 amide bonds. The van der Waals surface area contributed by atoms with E-state index in [0.717, 1.165) is 0 Å². The maximum Gasteiger partial charge on any atom is 0.312 e. The molecule has 1 aromatic carbocycles. The summed E-state index contributed by atoms with van der Waals surface area (Å²) < 4.78 is 0. The van der Waals surface area contributed by atoms with Gasteiger partial charge in [-0.15, -0.1) is 0 Å². The molecule has 1 radical (unpaired) electrons. The van der Waals surface area contributed by atoms with Crippen molar-refractivity contribution in [2.45, 2.75) is 5.92 Å². The van der Waals surface area contributed by atoms with E-state index >= 15 is 0 Å². The summed E-state index contributed by atoms with van der Waals surface area (Å²) in [5.74, 6) is -1.67. The van der Waals surface area contributed by atoms with Crippen LogP contribution in [-0.2, 0) is 9.59 Å². The zero-order chi connectivity index (χ0) is 10.4. The highest BCUT2D eigenvalue weighted by Crippen LogP contribution is 2.14. The van der Waals surface area contributed by atoms with Crippen molar-refractivity contribution in [3.63, 3.8) is 0 Å². The second kappa shape index (κ2) is 5.01. The van der Waals surface area contributed by atoms with E-state index < -0.39 is 11.9 Å². The minimum absolute atomic E-state index is 0.0584. The van der Waals surface area contributed by atoms with Crippen LogP contribution >= 0.6 is 0 Å². The molecule has 0 heterocycles. The van der Waals surface area contributed by atoms with Crippen LogP contribution < -0.4 is 5.32 Å². The van der Waals surface area contributed by atoms with Crippen LogP contribution in [0.4, 0.5) is 0 Å². The fourth-order valence-electron chi connectivity index (χ4n) is 1.18. The first-order chi connectivity index (χ1) is 6.75. The van der Waals surface area contributed by atoms with Gasteiger partial charge in [-0.25, -0.2) is 0 Å². The smallest absolute Gasteiger partial charge is 0.312 e. The average Bonchev–Trinajstić information content (AvgIpc) is 2.19. The predicted molar refractivity (Wildman–Crippen MR) is 50.5 cm³/mol. The van der Waals surface area contributed by atoms with E-state index in [0.29, 0.717) is 5.56 Å². The normalized spacial score (nSPS) is 11.7. The molecule has 0 saturated carbocycles. The molecule has 0 aliphatic carbocycles. The van der Waals surface area contributed by atoms with Crippen LogP contribution in [0.5, 0.6) is 0 Å². The van der Waals surface area contributed by atoms with Gasteiger partial charge in [-0.3, -0.25) is 9.59 Å². The maximum absolute atomic E-state index is 10.8. The Morgan fingerprint density at radius 2 is 2.07 bits per heavy atom. The molecule has 1 unspecified atom stereocenters. The van der Waals surface area contributed by atoms with Crippen molar-refractivity contribution in [3.05, 3.63) is 35.9 Å². The van der Waals surface area contributed by atoms with Crippen LogP contribution in [0.15, 0.2) is 30.3 Å². The number of carboxylic acid groups (broad SMARTS) is 1. The number of carboxylic acids is 1. The zero-order valence-corrected chi connectivity index (χ0v) is 7.43. The highest BCUT2D eigenvalue weighted by molar-refractivity contribution is 5.76. The molecule has 0 bridgehead atoms. The largest absolute Gasteiger partial charge is 0.481 e. The number of carbonyl (C=O) groups is 1. The number of amides is 1. The number of benzene rings is 1. The van der Waals surface area contributed by atoms with E-state index in [9.17, 15) is 9.59 Å². The number of hydrogen-bond acceptors (Lipinski definition) is 2. The van der Waals surface area contributed by atoms with Crippen molar-refractivity contribution in [3.8, 4) is 0 Å². The van der Waals surface area contributed by atoms with Gasteiger partial charge in [-0.05, 0) is 5.56 Å². The van der Waals surface area contributed by atoms with Crippen LogP contribution in [0.3, 0.4) is 0 Å². The summed E-state index contributed by atoms with van der Waals surface area (Å²) in [6, 6.07) is 8.75. The number of carbonyl (C=O) groups excluding carboxylic acids is 1. The molecule has 14 heavy (non-hydrogen) atoms. The lowest BCUT2D eigenvalue weighted by Crippen LogP contribution is -2.25. The molecule has 0 aromatic heterocycles. The lowest BCUT2D eigenvalue weighted by molar-refractivity contribution is -0.138. The molecule has 73 valence electrons. The fourth-order valence-corrected chi connectivity index (χ4v) is 1.18. The predicted octanol–water partition coefficient (Wildman–Crippen LogP) is 0.512. The second-order valence-electron chi connectivity index (χ2n) is 2.78. The third-order valence-corrected chi connectivity index (χ3v) is 1.88. The summed E-state index contributed by atoms with van der Waals surface area (Å²) in [5, 5.41) is 11.1. The Bertz CT molecular complexity index is 310. The molecule has 0 saturated heterocycles. The van der Waals surface area contributed by atoms with Crippen LogP contribution in [0.1, 0.15) is 11.5 Å². The summed E-state index contributed by atoms with van der Waals surface area (Å²) in [7, 11) is 0. The summed E-state index contributed by atoms with van der Waals surface area (Å²) in [4.78, 5) is 20.8. The van der Waals surface area contributed by atoms with E-state index in [1.165, 1.54) is 6.41 Å². The highest BCUT2D eigenvalue weighted by atomic mass is 16.4. The summed E-state index contributed by atoms with van der Waals surface area (Å²) >= 11 is 0. The van der Waals surface area contributed by atoms with E-state index in [2.05, 4.69) is 5.32 Å². The fraction of sp³-hybridized carbons (Fsp3) is 0.200. The van der Waals surface area contributed by atoms with Crippen molar-refractivity contribution in [2.75, 3.05) is 6.54 Å². The summed E-state index contributed by atoms with van der Waals surface area (Å²) in [6.45, 7) is 0.0584. The van der Waals surface area contributed by atoms with Gasteiger partial charge in [-0.1, -0.05) is 30.3 Å². The molecule has 4 nitrogen and oxygen atoms in total. The topological polar surface area (TPSA) is 66.4 Å². The molecule has 0 aliphatic rings. The lowest BCUT2D eigenvalue weighted by Gasteiger charge is -2.10. The van der Waals surface area contributed by atoms with Gasteiger partial charge in [0.15, 0.2) is 0 Å². The van der Waals surface area contributed by atoms with Crippen LogP contribution in [0, 0.1) is 0 Å².